The Morgan fingerprint density at radius 2 is 1.63 bits per heavy atom. The van der Waals surface area contributed by atoms with E-state index in [4.69, 9.17) is 0 Å². The van der Waals surface area contributed by atoms with Gasteiger partial charge in [-0.2, -0.15) is 0 Å². The number of nitrogens with one attached hydrogen (secondary N) is 1. The van der Waals surface area contributed by atoms with Crippen LogP contribution in [0.2, 0.25) is 0 Å². The Morgan fingerprint density at radius 1 is 1.05 bits per heavy atom. The minimum atomic E-state index is 0.625. The van der Waals surface area contributed by atoms with Gasteiger partial charge in [-0.3, -0.25) is 0 Å². The van der Waals surface area contributed by atoms with Crippen LogP contribution in [0.4, 0.5) is 0 Å². The minimum Gasteiger partial charge on any atom is -0.309 e. The molecule has 1 aromatic carbocycles. The molecular formula is C18H29N. The molecule has 1 fully saturated rings. The smallest absolute Gasteiger partial charge is 0.0208 e. The van der Waals surface area contributed by atoms with Gasteiger partial charge in [0.05, 0.1) is 0 Å². The molecule has 0 spiro atoms. The molecule has 0 radical (unpaired) electrons. The third kappa shape index (κ3) is 3.82. The van der Waals surface area contributed by atoms with Crippen LogP contribution in [0.3, 0.4) is 0 Å². The standard InChI is InChI=1S/C18H29N/c1-13(2)17-10-8-16(9-11-17)12-19-18-14(3)6-5-7-15(18)4/h8-11,13-15,18-19H,5-7,12H2,1-4H3. The van der Waals surface area contributed by atoms with E-state index in [9.17, 15) is 0 Å². The molecule has 106 valence electrons. The first-order valence-corrected chi connectivity index (χ1v) is 7.90. The molecule has 2 unspecified atom stereocenters. The van der Waals surface area contributed by atoms with Gasteiger partial charge in [-0.1, -0.05) is 58.4 Å². The molecule has 1 N–H and O–H groups in total. The van der Waals surface area contributed by atoms with Gasteiger partial charge in [0.15, 0.2) is 0 Å². The second-order valence-corrected chi connectivity index (χ2v) is 6.69. The van der Waals surface area contributed by atoms with Crippen molar-refractivity contribution in [2.75, 3.05) is 0 Å². The van der Waals surface area contributed by atoms with Crippen LogP contribution in [-0.2, 0) is 6.54 Å². The van der Waals surface area contributed by atoms with Crippen LogP contribution in [0.15, 0.2) is 24.3 Å². The van der Waals surface area contributed by atoms with Gasteiger partial charge in [-0.15, -0.1) is 0 Å². The van der Waals surface area contributed by atoms with E-state index < -0.39 is 0 Å². The zero-order valence-corrected chi connectivity index (χ0v) is 12.9. The lowest BCUT2D eigenvalue weighted by Crippen LogP contribution is -2.42. The molecular weight excluding hydrogens is 230 g/mol. The normalized spacial score (nSPS) is 27.7. The quantitative estimate of drug-likeness (QED) is 0.824. The van der Waals surface area contributed by atoms with Crippen molar-refractivity contribution in [1.29, 1.82) is 0 Å². The van der Waals surface area contributed by atoms with Gasteiger partial charge in [0.25, 0.3) is 0 Å². The van der Waals surface area contributed by atoms with E-state index in [1.807, 2.05) is 0 Å². The second kappa shape index (κ2) is 6.56. The summed E-state index contributed by atoms with van der Waals surface area (Å²) in [5, 5.41) is 3.79. The first kappa shape index (κ1) is 14.6. The highest BCUT2D eigenvalue weighted by Crippen LogP contribution is 2.29. The lowest BCUT2D eigenvalue weighted by atomic mass is 9.78. The van der Waals surface area contributed by atoms with Crippen LogP contribution < -0.4 is 5.32 Å². The van der Waals surface area contributed by atoms with Crippen molar-refractivity contribution in [3.05, 3.63) is 35.4 Å². The maximum atomic E-state index is 3.79. The topological polar surface area (TPSA) is 12.0 Å². The van der Waals surface area contributed by atoms with Crippen LogP contribution in [0.25, 0.3) is 0 Å². The molecule has 0 heterocycles. The fraction of sp³-hybridized carbons (Fsp3) is 0.667. The molecule has 1 aliphatic carbocycles. The number of hydrogen-bond acceptors (Lipinski definition) is 1. The van der Waals surface area contributed by atoms with E-state index in [1.165, 1.54) is 30.4 Å². The highest BCUT2D eigenvalue weighted by atomic mass is 14.9. The van der Waals surface area contributed by atoms with Crippen LogP contribution in [0.5, 0.6) is 0 Å². The molecule has 19 heavy (non-hydrogen) atoms. The van der Waals surface area contributed by atoms with Crippen molar-refractivity contribution in [1.82, 2.24) is 5.32 Å². The maximum absolute atomic E-state index is 3.79. The summed E-state index contributed by atoms with van der Waals surface area (Å²) in [7, 11) is 0. The maximum Gasteiger partial charge on any atom is 0.0208 e. The predicted octanol–water partition coefficient (Wildman–Crippen LogP) is 4.72. The van der Waals surface area contributed by atoms with E-state index in [0.717, 1.165) is 18.4 Å². The Kier molecular flexibility index (Phi) is 5.04. The van der Waals surface area contributed by atoms with Crippen molar-refractivity contribution in [2.24, 2.45) is 11.8 Å². The van der Waals surface area contributed by atoms with Crippen LogP contribution in [0, 0.1) is 11.8 Å². The molecule has 1 aromatic rings. The molecule has 1 saturated carbocycles. The van der Waals surface area contributed by atoms with E-state index in [-0.39, 0.29) is 0 Å². The van der Waals surface area contributed by atoms with Crippen molar-refractivity contribution < 1.29 is 0 Å². The average Bonchev–Trinajstić information content (AvgIpc) is 2.38. The summed E-state index contributed by atoms with van der Waals surface area (Å²) in [6.07, 6.45) is 4.17. The average molecular weight is 259 g/mol. The van der Waals surface area contributed by atoms with E-state index >= 15 is 0 Å². The third-order valence-corrected chi connectivity index (χ3v) is 4.73. The van der Waals surface area contributed by atoms with Gasteiger partial charge in [0, 0.05) is 12.6 Å². The monoisotopic (exact) mass is 259 g/mol. The fourth-order valence-electron chi connectivity index (χ4n) is 3.34. The molecule has 0 aliphatic heterocycles. The SMILES string of the molecule is CC(C)c1ccc(CNC2C(C)CCCC2C)cc1. The highest BCUT2D eigenvalue weighted by molar-refractivity contribution is 5.24. The van der Waals surface area contributed by atoms with Gasteiger partial charge in [0.1, 0.15) is 0 Å². The molecule has 0 bridgehead atoms. The van der Waals surface area contributed by atoms with Gasteiger partial charge >= 0.3 is 0 Å². The summed E-state index contributed by atoms with van der Waals surface area (Å²) in [5.41, 5.74) is 2.84. The van der Waals surface area contributed by atoms with Crippen molar-refractivity contribution in [3.63, 3.8) is 0 Å². The number of rotatable bonds is 4. The summed E-state index contributed by atoms with van der Waals surface area (Å²) < 4.78 is 0. The van der Waals surface area contributed by atoms with Crippen LogP contribution in [-0.4, -0.2) is 6.04 Å². The molecule has 2 atom stereocenters. The molecule has 0 saturated heterocycles. The molecule has 1 aliphatic rings. The molecule has 0 amide bonds. The van der Waals surface area contributed by atoms with Gasteiger partial charge < -0.3 is 5.32 Å². The Balaban J connectivity index is 1.90. The lowest BCUT2D eigenvalue weighted by Gasteiger charge is -2.35. The first-order chi connectivity index (χ1) is 9.08. The van der Waals surface area contributed by atoms with Crippen LogP contribution >= 0.6 is 0 Å². The zero-order chi connectivity index (χ0) is 13.8. The molecule has 1 nitrogen and oxygen atoms in total. The fourth-order valence-corrected chi connectivity index (χ4v) is 3.34. The Bertz CT molecular complexity index is 369. The van der Waals surface area contributed by atoms with E-state index in [2.05, 4.69) is 57.3 Å². The summed E-state index contributed by atoms with van der Waals surface area (Å²) in [6.45, 7) is 10.3. The highest BCUT2D eigenvalue weighted by Gasteiger charge is 2.26. The number of hydrogen-bond donors (Lipinski definition) is 1. The summed E-state index contributed by atoms with van der Waals surface area (Å²) in [6, 6.07) is 9.80. The molecule has 1 heteroatoms. The van der Waals surface area contributed by atoms with E-state index in [1.54, 1.807) is 0 Å². The minimum absolute atomic E-state index is 0.625. The van der Waals surface area contributed by atoms with Crippen molar-refractivity contribution in [3.8, 4) is 0 Å². The Hall–Kier alpha value is -0.820. The Morgan fingerprint density at radius 3 is 2.16 bits per heavy atom. The summed E-state index contributed by atoms with van der Waals surface area (Å²) >= 11 is 0. The predicted molar refractivity (Wildman–Crippen MR) is 83.3 cm³/mol. The summed E-state index contributed by atoms with van der Waals surface area (Å²) in [5.74, 6) is 2.26. The lowest BCUT2D eigenvalue weighted by molar-refractivity contribution is 0.207. The van der Waals surface area contributed by atoms with Gasteiger partial charge in [0.2, 0.25) is 0 Å². The largest absolute Gasteiger partial charge is 0.309 e. The Labute approximate surface area is 118 Å². The number of benzene rings is 1. The third-order valence-electron chi connectivity index (χ3n) is 4.73. The first-order valence-electron chi connectivity index (χ1n) is 7.90. The van der Waals surface area contributed by atoms with Crippen molar-refractivity contribution >= 4 is 0 Å². The second-order valence-electron chi connectivity index (χ2n) is 6.69. The summed E-state index contributed by atoms with van der Waals surface area (Å²) in [4.78, 5) is 0. The molecule has 0 aromatic heterocycles. The van der Waals surface area contributed by atoms with E-state index in [0.29, 0.717) is 12.0 Å². The van der Waals surface area contributed by atoms with Crippen molar-refractivity contribution in [2.45, 2.75) is 65.5 Å². The van der Waals surface area contributed by atoms with Gasteiger partial charge in [-0.25, -0.2) is 0 Å². The van der Waals surface area contributed by atoms with Crippen LogP contribution in [0.1, 0.15) is 64.0 Å². The zero-order valence-electron chi connectivity index (χ0n) is 12.9. The molecule has 2 rings (SSSR count). The van der Waals surface area contributed by atoms with Gasteiger partial charge in [-0.05, 0) is 41.7 Å².